The zero-order valence-electron chi connectivity index (χ0n) is 9.13. The molecule has 84 valence electrons. The van der Waals surface area contributed by atoms with Crippen LogP contribution < -0.4 is 5.32 Å². The van der Waals surface area contributed by atoms with E-state index in [2.05, 4.69) is 24.4 Å². The van der Waals surface area contributed by atoms with Gasteiger partial charge in [-0.1, -0.05) is 19.1 Å². The Morgan fingerprint density at radius 2 is 2.27 bits per heavy atom. The van der Waals surface area contributed by atoms with E-state index < -0.39 is 0 Å². The van der Waals surface area contributed by atoms with E-state index in [4.69, 9.17) is 0 Å². The highest BCUT2D eigenvalue weighted by molar-refractivity contribution is 7.99. The fraction of sp³-hybridized carbons (Fsp3) is 0.500. The maximum Gasteiger partial charge on any atom is 0.0988 e. The molecule has 0 unspecified atom stereocenters. The van der Waals surface area contributed by atoms with E-state index in [-0.39, 0.29) is 6.67 Å². The average molecular weight is 227 g/mol. The maximum absolute atomic E-state index is 12.0. The van der Waals surface area contributed by atoms with Gasteiger partial charge in [-0.15, -0.1) is 11.8 Å². The summed E-state index contributed by atoms with van der Waals surface area (Å²) in [5.74, 6) is 0.547. The Hall–Kier alpha value is -0.540. The van der Waals surface area contributed by atoms with Crippen LogP contribution in [0.1, 0.15) is 18.9 Å². The monoisotopic (exact) mass is 227 g/mol. The van der Waals surface area contributed by atoms with Crippen molar-refractivity contribution in [1.82, 2.24) is 5.32 Å². The molecule has 0 radical (unpaired) electrons. The Morgan fingerprint density at radius 1 is 1.40 bits per heavy atom. The lowest BCUT2D eigenvalue weighted by Gasteiger charge is -2.05. The van der Waals surface area contributed by atoms with Crippen LogP contribution in [0, 0.1) is 0 Å². The van der Waals surface area contributed by atoms with Crippen LogP contribution in [-0.2, 0) is 6.54 Å². The lowest BCUT2D eigenvalue weighted by atomic mass is 10.2. The van der Waals surface area contributed by atoms with Crippen molar-refractivity contribution in [3.8, 4) is 0 Å². The first kappa shape index (κ1) is 12.5. The average Bonchev–Trinajstić information content (AvgIpc) is 2.27. The van der Waals surface area contributed by atoms with Gasteiger partial charge < -0.3 is 5.32 Å². The molecule has 0 aromatic heterocycles. The zero-order valence-corrected chi connectivity index (χ0v) is 9.95. The molecule has 15 heavy (non-hydrogen) atoms. The molecular weight excluding hydrogens is 209 g/mol. The molecule has 0 fully saturated rings. The molecule has 1 N–H and O–H groups in total. The zero-order chi connectivity index (χ0) is 10.9. The van der Waals surface area contributed by atoms with Gasteiger partial charge in [-0.2, -0.15) is 0 Å². The van der Waals surface area contributed by atoms with E-state index in [1.807, 2.05) is 12.1 Å². The quantitative estimate of drug-likeness (QED) is 0.567. The van der Waals surface area contributed by atoms with E-state index in [0.717, 1.165) is 24.4 Å². The van der Waals surface area contributed by atoms with Crippen LogP contribution in [0.4, 0.5) is 4.39 Å². The summed E-state index contributed by atoms with van der Waals surface area (Å²) < 4.78 is 12.0. The largest absolute Gasteiger partial charge is 0.313 e. The molecule has 0 aliphatic carbocycles. The van der Waals surface area contributed by atoms with Gasteiger partial charge in [0.15, 0.2) is 0 Å². The van der Waals surface area contributed by atoms with Crippen molar-refractivity contribution in [1.29, 1.82) is 0 Å². The molecule has 0 heterocycles. The minimum absolute atomic E-state index is 0.261. The van der Waals surface area contributed by atoms with Gasteiger partial charge in [0, 0.05) is 17.2 Å². The minimum Gasteiger partial charge on any atom is -0.313 e. The number of nitrogens with one attached hydrogen (secondary N) is 1. The molecular formula is C12H18FNS. The summed E-state index contributed by atoms with van der Waals surface area (Å²) in [6.07, 6.45) is 1.15. The van der Waals surface area contributed by atoms with Gasteiger partial charge in [-0.3, -0.25) is 4.39 Å². The first-order valence-electron chi connectivity index (χ1n) is 5.35. The molecule has 0 atom stereocenters. The minimum atomic E-state index is -0.261. The van der Waals surface area contributed by atoms with Crippen LogP contribution in [0.15, 0.2) is 29.2 Å². The van der Waals surface area contributed by atoms with E-state index >= 15 is 0 Å². The standard InChI is InChI=1S/C12H18FNS/c1-2-7-14-10-11-4-3-5-12(9-11)15-8-6-13/h3-5,9,14H,2,6-8,10H2,1H3. The highest BCUT2D eigenvalue weighted by atomic mass is 32.2. The van der Waals surface area contributed by atoms with Gasteiger partial charge in [0.1, 0.15) is 0 Å². The van der Waals surface area contributed by atoms with Gasteiger partial charge in [0.25, 0.3) is 0 Å². The smallest absolute Gasteiger partial charge is 0.0988 e. The first-order chi connectivity index (χ1) is 7.36. The highest BCUT2D eigenvalue weighted by Gasteiger charge is 1.96. The lowest BCUT2D eigenvalue weighted by Crippen LogP contribution is -2.13. The Morgan fingerprint density at radius 3 is 3.00 bits per heavy atom. The predicted octanol–water partition coefficient (Wildman–Crippen LogP) is 3.25. The van der Waals surface area contributed by atoms with Crippen LogP contribution in [0.5, 0.6) is 0 Å². The summed E-state index contributed by atoms with van der Waals surface area (Å²) in [7, 11) is 0. The fourth-order valence-corrected chi connectivity index (χ4v) is 2.03. The highest BCUT2D eigenvalue weighted by Crippen LogP contribution is 2.18. The summed E-state index contributed by atoms with van der Waals surface area (Å²) in [6, 6.07) is 8.29. The van der Waals surface area contributed by atoms with Crippen molar-refractivity contribution in [2.24, 2.45) is 0 Å². The summed E-state index contributed by atoms with van der Waals surface area (Å²) in [6.45, 7) is 3.84. The summed E-state index contributed by atoms with van der Waals surface area (Å²) in [5.41, 5.74) is 1.27. The van der Waals surface area contributed by atoms with Crippen molar-refractivity contribution >= 4 is 11.8 Å². The van der Waals surface area contributed by atoms with E-state index in [9.17, 15) is 4.39 Å². The molecule has 1 nitrogen and oxygen atoms in total. The topological polar surface area (TPSA) is 12.0 Å². The van der Waals surface area contributed by atoms with Gasteiger partial charge in [-0.05, 0) is 30.7 Å². The van der Waals surface area contributed by atoms with Crippen molar-refractivity contribution in [3.63, 3.8) is 0 Å². The van der Waals surface area contributed by atoms with Crippen LogP contribution >= 0.6 is 11.8 Å². The normalized spacial score (nSPS) is 10.5. The SMILES string of the molecule is CCCNCc1cccc(SCCF)c1. The fourth-order valence-electron chi connectivity index (χ4n) is 1.31. The second kappa shape index (κ2) is 7.71. The third-order valence-corrected chi connectivity index (χ3v) is 2.95. The van der Waals surface area contributed by atoms with Crippen molar-refractivity contribution in [2.45, 2.75) is 24.8 Å². The number of alkyl halides is 1. The molecule has 0 spiro atoms. The molecule has 0 saturated carbocycles. The van der Waals surface area contributed by atoms with Crippen LogP contribution in [-0.4, -0.2) is 19.0 Å². The number of halogens is 1. The molecule has 0 aliphatic rings. The van der Waals surface area contributed by atoms with Crippen molar-refractivity contribution in [2.75, 3.05) is 19.0 Å². The second-order valence-electron chi connectivity index (χ2n) is 3.36. The molecule has 0 bridgehead atoms. The Balaban J connectivity index is 2.42. The Kier molecular flexibility index (Phi) is 6.44. The summed E-state index contributed by atoms with van der Waals surface area (Å²) >= 11 is 1.57. The number of benzene rings is 1. The van der Waals surface area contributed by atoms with Crippen molar-refractivity contribution in [3.05, 3.63) is 29.8 Å². The van der Waals surface area contributed by atoms with Gasteiger partial charge in [0.05, 0.1) is 6.67 Å². The molecule has 0 amide bonds. The van der Waals surface area contributed by atoms with Gasteiger partial charge in [-0.25, -0.2) is 0 Å². The molecule has 1 aromatic rings. The summed E-state index contributed by atoms with van der Waals surface area (Å²) in [4.78, 5) is 1.16. The van der Waals surface area contributed by atoms with E-state index in [0.29, 0.717) is 5.75 Å². The van der Waals surface area contributed by atoms with E-state index in [1.54, 1.807) is 11.8 Å². The molecule has 0 aliphatic heterocycles. The number of thioether (sulfide) groups is 1. The second-order valence-corrected chi connectivity index (χ2v) is 4.53. The van der Waals surface area contributed by atoms with Gasteiger partial charge in [0.2, 0.25) is 0 Å². The van der Waals surface area contributed by atoms with Crippen LogP contribution in [0.25, 0.3) is 0 Å². The van der Waals surface area contributed by atoms with Crippen LogP contribution in [0.2, 0.25) is 0 Å². The number of hydrogen-bond donors (Lipinski definition) is 1. The summed E-state index contributed by atoms with van der Waals surface area (Å²) in [5, 5.41) is 3.35. The third kappa shape index (κ3) is 5.19. The molecule has 1 aromatic carbocycles. The Bertz CT molecular complexity index is 278. The van der Waals surface area contributed by atoms with Crippen LogP contribution in [0.3, 0.4) is 0 Å². The third-order valence-electron chi connectivity index (χ3n) is 2.00. The maximum atomic E-state index is 12.0. The Labute approximate surface area is 95.5 Å². The molecule has 1 rings (SSSR count). The van der Waals surface area contributed by atoms with E-state index in [1.165, 1.54) is 5.56 Å². The number of hydrogen-bond acceptors (Lipinski definition) is 2. The van der Waals surface area contributed by atoms with Crippen molar-refractivity contribution < 1.29 is 4.39 Å². The van der Waals surface area contributed by atoms with Gasteiger partial charge >= 0.3 is 0 Å². The molecule has 3 heteroatoms. The molecule has 0 saturated heterocycles. The number of rotatable bonds is 7. The lowest BCUT2D eigenvalue weighted by molar-refractivity contribution is 0.533. The predicted molar refractivity (Wildman–Crippen MR) is 65.1 cm³/mol. The first-order valence-corrected chi connectivity index (χ1v) is 6.33.